The first-order valence-electron chi connectivity index (χ1n) is 6.86. The number of nitrogens with two attached hydrogens (primary N) is 1. The van der Waals surface area contributed by atoms with E-state index in [0.29, 0.717) is 21.0 Å². The Balaban J connectivity index is 0.00000156. The number of rotatable bonds is 4. The number of hydrogen-bond acceptors (Lipinski definition) is 5. The molecule has 1 amide bonds. The highest BCUT2D eigenvalue weighted by Crippen LogP contribution is 2.22. The van der Waals surface area contributed by atoms with Crippen molar-refractivity contribution in [3.05, 3.63) is 76.1 Å². The van der Waals surface area contributed by atoms with Crippen molar-refractivity contribution < 1.29 is 12.4 Å². The molecular formula is C17H17N3O2S. The van der Waals surface area contributed by atoms with E-state index in [1.54, 1.807) is 36.4 Å². The van der Waals surface area contributed by atoms with E-state index in [9.17, 15) is 9.59 Å². The fraction of sp³-hybridized carbons (Fsp3) is 0. The van der Waals surface area contributed by atoms with Crippen LogP contribution in [-0.2, 0) is 0 Å². The van der Waals surface area contributed by atoms with Crippen LogP contribution in [0.1, 0.15) is 27.8 Å². The van der Waals surface area contributed by atoms with Crippen LogP contribution in [-0.4, -0.2) is 16.7 Å². The van der Waals surface area contributed by atoms with Gasteiger partial charge in [0.1, 0.15) is 5.82 Å². The highest BCUT2D eigenvalue weighted by molar-refractivity contribution is 7.16. The van der Waals surface area contributed by atoms with Crippen LogP contribution in [0.3, 0.4) is 0 Å². The Morgan fingerprint density at radius 1 is 1.00 bits per heavy atom. The average Bonchev–Trinajstić information content (AvgIpc) is 3.06. The number of carbonyl (C=O) groups is 2. The minimum atomic E-state index is -0.251. The molecule has 3 rings (SSSR count). The first-order chi connectivity index (χ1) is 11.1. The summed E-state index contributed by atoms with van der Waals surface area (Å²) in [5, 5.41) is 2.78. The van der Waals surface area contributed by atoms with Crippen LogP contribution in [0.5, 0.6) is 0 Å². The number of para-hydroxylation sites is 1. The van der Waals surface area contributed by atoms with Crippen LogP contribution in [0.2, 0.25) is 0 Å². The molecular weight excluding hydrogens is 310 g/mol. The third-order valence-electron chi connectivity index (χ3n) is 3.17. The predicted molar refractivity (Wildman–Crippen MR) is 95.0 cm³/mol. The normalized spacial score (nSPS) is 10.3. The Kier molecular flexibility index (Phi) is 4.16. The van der Waals surface area contributed by atoms with Gasteiger partial charge >= 0.3 is 0 Å². The summed E-state index contributed by atoms with van der Waals surface area (Å²) < 4.78 is 0. The number of nitrogens with zero attached hydrogens (tertiary/aromatic N) is 1. The molecule has 0 atom stereocenters. The molecule has 3 aromatic rings. The van der Waals surface area contributed by atoms with E-state index >= 15 is 0 Å². The molecule has 0 aliphatic carbocycles. The van der Waals surface area contributed by atoms with Crippen molar-refractivity contribution in [2.75, 3.05) is 11.1 Å². The van der Waals surface area contributed by atoms with E-state index in [1.165, 1.54) is 6.20 Å². The van der Waals surface area contributed by atoms with Crippen molar-refractivity contribution in [3.8, 4) is 0 Å². The van der Waals surface area contributed by atoms with Gasteiger partial charge in [0.2, 0.25) is 5.78 Å². The zero-order valence-corrected chi connectivity index (χ0v) is 12.8. The van der Waals surface area contributed by atoms with Gasteiger partial charge in [0.15, 0.2) is 0 Å². The summed E-state index contributed by atoms with van der Waals surface area (Å²) in [7, 11) is 0. The van der Waals surface area contributed by atoms with Gasteiger partial charge in [-0.2, -0.15) is 0 Å². The molecule has 0 aliphatic rings. The molecule has 1 aromatic carbocycles. The molecule has 0 bridgehead atoms. The molecule has 3 N–H and O–H groups in total. The van der Waals surface area contributed by atoms with E-state index in [-0.39, 0.29) is 20.4 Å². The highest BCUT2D eigenvalue weighted by Gasteiger charge is 2.17. The number of ketones is 1. The lowest BCUT2D eigenvalue weighted by molar-refractivity contribution is 0.102. The minimum absolute atomic E-state index is 0. The Hall–Kier alpha value is -2.99. The van der Waals surface area contributed by atoms with E-state index in [2.05, 4.69) is 10.3 Å². The van der Waals surface area contributed by atoms with E-state index in [1.807, 2.05) is 18.2 Å². The lowest BCUT2D eigenvalue weighted by atomic mass is 10.1. The number of anilines is 2. The molecule has 0 radical (unpaired) electrons. The van der Waals surface area contributed by atoms with Gasteiger partial charge in [-0.25, -0.2) is 4.98 Å². The Morgan fingerprint density at radius 3 is 2.48 bits per heavy atom. The minimum Gasteiger partial charge on any atom is -0.383 e. The molecule has 2 heterocycles. The van der Waals surface area contributed by atoms with Crippen molar-refractivity contribution in [3.63, 3.8) is 0 Å². The van der Waals surface area contributed by atoms with Gasteiger partial charge in [0.05, 0.1) is 15.3 Å². The van der Waals surface area contributed by atoms with Crippen molar-refractivity contribution in [1.29, 1.82) is 0 Å². The monoisotopic (exact) mass is 327 g/mol. The molecule has 0 aliphatic heterocycles. The summed E-state index contributed by atoms with van der Waals surface area (Å²) >= 11 is 1.13. The first-order valence-corrected chi connectivity index (χ1v) is 7.68. The van der Waals surface area contributed by atoms with Gasteiger partial charge in [-0.15, -0.1) is 11.3 Å². The number of nitrogens with one attached hydrogen (secondary N) is 1. The zero-order valence-electron chi connectivity index (χ0n) is 12.0. The summed E-state index contributed by atoms with van der Waals surface area (Å²) in [6, 6.07) is 15.7. The largest absolute Gasteiger partial charge is 0.383 e. The molecule has 0 unspecified atom stereocenters. The van der Waals surface area contributed by atoms with Gasteiger partial charge in [0.25, 0.3) is 5.91 Å². The maximum atomic E-state index is 12.4. The second-order valence-corrected chi connectivity index (χ2v) is 5.83. The summed E-state index contributed by atoms with van der Waals surface area (Å²) in [6.45, 7) is 0. The van der Waals surface area contributed by atoms with Crippen molar-refractivity contribution in [2.45, 2.75) is 0 Å². The van der Waals surface area contributed by atoms with Gasteiger partial charge in [-0.05, 0) is 36.4 Å². The van der Waals surface area contributed by atoms with Crippen molar-refractivity contribution >= 4 is 34.5 Å². The van der Waals surface area contributed by atoms with Crippen LogP contribution < -0.4 is 11.1 Å². The maximum absolute atomic E-state index is 12.4. The Labute approximate surface area is 139 Å². The number of benzene rings is 1. The van der Waals surface area contributed by atoms with Crippen LogP contribution in [0, 0.1) is 0 Å². The summed E-state index contributed by atoms with van der Waals surface area (Å²) in [6.07, 6.45) is 1.53. The molecule has 0 spiro atoms. The number of aromatic nitrogens is 1. The topological polar surface area (TPSA) is 85.1 Å². The molecule has 23 heavy (non-hydrogen) atoms. The molecule has 118 valence electrons. The first kappa shape index (κ1) is 14.9. The van der Waals surface area contributed by atoms with Crippen LogP contribution in [0.4, 0.5) is 11.5 Å². The standard InChI is InChI=1S/C17H13N3O2S.2H2/c18-16-12(7-4-10-19-16)15(21)13-8-9-14(23-13)17(22)20-11-5-2-1-3-6-11;;/h1-10H,(H2,18,19)(H,20,22);2*1H. The Bertz CT molecular complexity index is 869. The van der Waals surface area contributed by atoms with Gasteiger partial charge in [-0.1, -0.05) is 18.2 Å². The number of carbonyl (C=O) groups excluding carboxylic acids is 2. The molecule has 0 fully saturated rings. The van der Waals surface area contributed by atoms with Crippen molar-refractivity contribution in [1.82, 2.24) is 4.98 Å². The van der Waals surface area contributed by atoms with Crippen molar-refractivity contribution in [2.24, 2.45) is 0 Å². The lowest BCUT2D eigenvalue weighted by Gasteiger charge is -2.02. The average molecular weight is 327 g/mol. The summed E-state index contributed by atoms with van der Waals surface area (Å²) in [4.78, 5) is 29.4. The quantitative estimate of drug-likeness (QED) is 0.716. The van der Waals surface area contributed by atoms with Crippen LogP contribution >= 0.6 is 11.3 Å². The summed E-state index contributed by atoms with van der Waals surface area (Å²) in [5.74, 6) is -0.306. The second kappa shape index (κ2) is 6.41. The highest BCUT2D eigenvalue weighted by atomic mass is 32.1. The lowest BCUT2D eigenvalue weighted by Crippen LogP contribution is -2.09. The van der Waals surface area contributed by atoms with Gasteiger partial charge in [-0.3, -0.25) is 9.59 Å². The molecule has 0 saturated heterocycles. The van der Waals surface area contributed by atoms with Gasteiger partial charge in [0, 0.05) is 14.7 Å². The van der Waals surface area contributed by atoms with E-state index < -0.39 is 0 Å². The van der Waals surface area contributed by atoms with Gasteiger partial charge < -0.3 is 11.1 Å². The smallest absolute Gasteiger partial charge is 0.265 e. The number of nitrogen functional groups attached to an aromatic ring is 1. The molecule has 6 heteroatoms. The molecule has 0 saturated carbocycles. The third kappa shape index (κ3) is 3.27. The van der Waals surface area contributed by atoms with Crippen LogP contribution in [0.25, 0.3) is 0 Å². The summed E-state index contributed by atoms with van der Waals surface area (Å²) in [5.41, 5.74) is 6.76. The zero-order chi connectivity index (χ0) is 16.2. The van der Waals surface area contributed by atoms with E-state index in [0.717, 1.165) is 11.3 Å². The fourth-order valence-electron chi connectivity index (χ4n) is 2.04. The van der Waals surface area contributed by atoms with Crippen LogP contribution in [0.15, 0.2) is 60.8 Å². The second-order valence-electron chi connectivity index (χ2n) is 4.75. The number of thiophene rings is 1. The number of hydrogen-bond donors (Lipinski definition) is 2. The molecule has 5 nitrogen and oxygen atoms in total. The number of pyridine rings is 1. The SMILES string of the molecule is Nc1ncccc1C(=O)c1ccc(C(=O)Nc2ccccc2)s1.[HH].[HH]. The fourth-order valence-corrected chi connectivity index (χ4v) is 2.89. The maximum Gasteiger partial charge on any atom is 0.265 e. The Morgan fingerprint density at radius 2 is 1.74 bits per heavy atom. The van der Waals surface area contributed by atoms with E-state index in [4.69, 9.17) is 5.73 Å². The number of amides is 1. The third-order valence-corrected chi connectivity index (χ3v) is 4.25. The predicted octanol–water partition coefficient (Wildman–Crippen LogP) is 3.70. The molecule has 2 aromatic heterocycles.